The SMILES string of the molecule is COc1ccc(Cc2noc(C3(C)CCCNC3)n2)cc1. The Morgan fingerprint density at radius 1 is 1.33 bits per heavy atom. The van der Waals surface area contributed by atoms with Crippen LogP contribution in [-0.2, 0) is 11.8 Å². The minimum atomic E-state index is -0.0383. The number of rotatable bonds is 4. The van der Waals surface area contributed by atoms with Crippen LogP contribution in [0.5, 0.6) is 5.75 Å². The van der Waals surface area contributed by atoms with Crippen LogP contribution in [0.3, 0.4) is 0 Å². The average Bonchev–Trinajstić information content (AvgIpc) is 2.98. The van der Waals surface area contributed by atoms with Gasteiger partial charge in [-0.1, -0.05) is 17.3 Å². The van der Waals surface area contributed by atoms with Crippen LogP contribution < -0.4 is 10.1 Å². The van der Waals surface area contributed by atoms with E-state index in [1.54, 1.807) is 7.11 Å². The van der Waals surface area contributed by atoms with Gasteiger partial charge in [0.1, 0.15) is 5.75 Å². The number of aromatic nitrogens is 2. The topological polar surface area (TPSA) is 60.2 Å². The van der Waals surface area contributed by atoms with Gasteiger partial charge in [-0.2, -0.15) is 4.98 Å². The molecular weight excluding hydrogens is 266 g/mol. The lowest BCUT2D eigenvalue weighted by atomic mass is 9.83. The number of ether oxygens (including phenoxy) is 1. The van der Waals surface area contributed by atoms with E-state index in [9.17, 15) is 0 Å². The van der Waals surface area contributed by atoms with Crippen molar-refractivity contribution in [2.45, 2.75) is 31.6 Å². The van der Waals surface area contributed by atoms with Crippen molar-refractivity contribution in [3.05, 3.63) is 41.5 Å². The molecule has 5 nitrogen and oxygen atoms in total. The summed E-state index contributed by atoms with van der Waals surface area (Å²) in [6.07, 6.45) is 2.91. The summed E-state index contributed by atoms with van der Waals surface area (Å²) in [6.45, 7) is 4.16. The zero-order valence-electron chi connectivity index (χ0n) is 12.6. The van der Waals surface area contributed by atoms with Gasteiger partial charge in [0, 0.05) is 13.0 Å². The molecule has 0 amide bonds. The molecular formula is C16H21N3O2. The maximum atomic E-state index is 5.50. The molecule has 21 heavy (non-hydrogen) atoms. The molecule has 1 aromatic carbocycles. The minimum Gasteiger partial charge on any atom is -0.497 e. The maximum Gasteiger partial charge on any atom is 0.233 e. The molecule has 1 saturated heterocycles. The molecule has 0 bridgehead atoms. The van der Waals surface area contributed by atoms with Crippen LogP contribution in [0.4, 0.5) is 0 Å². The first-order valence-corrected chi connectivity index (χ1v) is 7.36. The summed E-state index contributed by atoms with van der Waals surface area (Å²) < 4.78 is 10.7. The average molecular weight is 287 g/mol. The van der Waals surface area contributed by atoms with Crippen molar-refractivity contribution >= 4 is 0 Å². The van der Waals surface area contributed by atoms with Gasteiger partial charge in [-0.3, -0.25) is 0 Å². The summed E-state index contributed by atoms with van der Waals surface area (Å²) in [7, 11) is 1.67. The van der Waals surface area contributed by atoms with Gasteiger partial charge < -0.3 is 14.6 Å². The molecule has 0 spiro atoms. The predicted molar refractivity (Wildman–Crippen MR) is 79.6 cm³/mol. The molecule has 5 heteroatoms. The standard InChI is InChI=1S/C16H21N3O2/c1-16(8-3-9-17-11-16)15-18-14(19-21-15)10-12-4-6-13(20-2)7-5-12/h4-7,17H,3,8-11H2,1-2H3. The van der Waals surface area contributed by atoms with E-state index in [1.807, 2.05) is 24.3 Å². The first-order chi connectivity index (χ1) is 10.2. The fraction of sp³-hybridized carbons (Fsp3) is 0.500. The third-order valence-electron chi connectivity index (χ3n) is 4.10. The number of methoxy groups -OCH3 is 1. The second-order valence-corrected chi connectivity index (χ2v) is 5.88. The predicted octanol–water partition coefficient (Wildman–Crippen LogP) is 2.31. The van der Waals surface area contributed by atoms with Crippen molar-refractivity contribution in [2.75, 3.05) is 20.2 Å². The Morgan fingerprint density at radius 3 is 2.81 bits per heavy atom. The minimum absolute atomic E-state index is 0.0383. The van der Waals surface area contributed by atoms with E-state index in [-0.39, 0.29) is 5.41 Å². The van der Waals surface area contributed by atoms with Gasteiger partial charge in [0.25, 0.3) is 0 Å². The molecule has 1 unspecified atom stereocenters. The fourth-order valence-electron chi connectivity index (χ4n) is 2.74. The Labute approximate surface area is 124 Å². The van der Waals surface area contributed by atoms with Crippen LogP contribution in [0.15, 0.2) is 28.8 Å². The zero-order valence-corrected chi connectivity index (χ0v) is 12.6. The Kier molecular flexibility index (Phi) is 3.92. The van der Waals surface area contributed by atoms with Crippen LogP contribution in [0.1, 0.15) is 37.0 Å². The largest absolute Gasteiger partial charge is 0.497 e. The number of piperidine rings is 1. The molecule has 1 aliphatic heterocycles. The molecule has 1 fully saturated rings. The number of hydrogen-bond acceptors (Lipinski definition) is 5. The normalized spacial score (nSPS) is 22.2. The molecule has 1 atom stereocenters. The molecule has 2 aromatic rings. The van der Waals surface area contributed by atoms with Crippen molar-refractivity contribution in [1.82, 2.24) is 15.5 Å². The van der Waals surface area contributed by atoms with Gasteiger partial charge in [0.05, 0.1) is 12.5 Å². The van der Waals surface area contributed by atoms with Gasteiger partial charge in [0.2, 0.25) is 5.89 Å². The number of hydrogen-bond donors (Lipinski definition) is 1. The van der Waals surface area contributed by atoms with Crippen molar-refractivity contribution in [3.8, 4) is 5.75 Å². The van der Waals surface area contributed by atoms with Crippen molar-refractivity contribution in [1.29, 1.82) is 0 Å². The first-order valence-electron chi connectivity index (χ1n) is 7.36. The third kappa shape index (κ3) is 3.08. The molecule has 0 radical (unpaired) electrons. The quantitative estimate of drug-likeness (QED) is 0.935. The maximum absolute atomic E-state index is 5.50. The van der Waals surface area contributed by atoms with Crippen LogP contribution in [0, 0.1) is 0 Å². The summed E-state index contributed by atoms with van der Waals surface area (Å²) in [5.41, 5.74) is 1.11. The Balaban J connectivity index is 1.72. The molecule has 1 aliphatic rings. The van der Waals surface area contributed by atoms with Gasteiger partial charge >= 0.3 is 0 Å². The van der Waals surface area contributed by atoms with Crippen molar-refractivity contribution < 1.29 is 9.26 Å². The third-order valence-corrected chi connectivity index (χ3v) is 4.10. The van der Waals surface area contributed by atoms with Crippen LogP contribution in [-0.4, -0.2) is 30.3 Å². The number of nitrogens with zero attached hydrogens (tertiary/aromatic N) is 2. The highest BCUT2D eigenvalue weighted by atomic mass is 16.5. The number of benzene rings is 1. The van der Waals surface area contributed by atoms with Gasteiger partial charge in [-0.05, 0) is 44.0 Å². The summed E-state index contributed by atoms with van der Waals surface area (Å²) in [5.74, 6) is 2.34. The van der Waals surface area contributed by atoms with Crippen molar-refractivity contribution in [3.63, 3.8) is 0 Å². The lowest BCUT2D eigenvalue weighted by Crippen LogP contribution is -2.41. The Morgan fingerprint density at radius 2 is 2.14 bits per heavy atom. The fourth-order valence-corrected chi connectivity index (χ4v) is 2.74. The summed E-state index contributed by atoms with van der Waals surface area (Å²) in [5, 5.41) is 7.53. The van der Waals surface area contributed by atoms with Gasteiger partial charge in [-0.25, -0.2) is 0 Å². The molecule has 0 saturated carbocycles. The smallest absolute Gasteiger partial charge is 0.233 e. The lowest BCUT2D eigenvalue weighted by molar-refractivity contribution is 0.245. The van der Waals surface area contributed by atoms with E-state index in [4.69, 9.17) is 9.26 Å². The Hall–Kier alpha value is -1.88. The van der Waals surface area contributed by atoms with Crippen LogP contribution >= 0.6 is 0 Å². The summed E-state index contributed by atoms with van der Waals surface area (Å²) in [6, 6.07) is 7.95. The van der Waals surface area contributed by atoms with Crippen LogP contribution in [0.2, 0.25) is 0 Å². The molecule has 1 N–H and O–H groups in total. The highest BCUT2D eigenvalue weighted by Crippen LogP contribution is 2.29. The summed E-state index contributed by atoms with van der Waals surface area (Å²) >= 11 is 0. The highest BCUT2D eigenvalue weighted by molar-refractivity contribution is 5.28. The van der Waals surface area contributed by atoms with E-state index >= 15 is 0 Å². The lowest BCUT2D eigenvalue weighted by Gasteiger charge is -2.30. The van der Waals surface area contributed by atoms with E-state index in [2.05, 4.69) is 22.4 Å². The van der Waals surface area contributed by atoms with Crippen molar-refractivity contribution in [2.24, 2.45) is 0 Å². The van der Waals surface area contributed by atoms with E-state index in [0.717, 1.165) is 49.0 Å². The molecule has 3 rings (SSSR count). The highest BCUT2D eigenvalue weighted by Gasteiger charge is 2.34. The Bertz CT molecular complexity index is 586. The summed E-state index contributed by atoms with van der Waals surface area (Å²) in [4.78, 5) is 4.59. The van der Waals surface area contributed by atoms with E-state index in [0.29, 0.717) is 6.42 Å². The van der Waals surface area contributed by atoms with Gasteiger partial charge in [-0.15, -0.1) is 0 Å². The van der Waals surface area contributed by atoms with Gasteiger partial charge in [0.15, 0.2) is 5.82 Å². The first kappa shape index (κ1) is 14.1. The second kappa shape index (κ2) is 5.85. The molecule has 0 aliphatic carbocycles. The molecule has 2 heterocycles. The monoisotopic (exact) mass is 287 g/mol. The molecule has 1 aromatic heterocycles. The second-order valence-electron chi connectivity index (χ2n) is 5.88. The zero-order chi connectivity index (χ0) is 14.7. The number of nitrogens with one attached hydrogen (secondary N) is 1. The van der Waals surface area contributed by atoms with E-state index < -0.39 is 0 Å². The molecule has 112 valence electrons. The van der Waals surface area contributed by atoms with Crippen LogP contribution in [0.25, 0.3) is 0 Å². The van der Waals surface area contributed by atoms with E-state index in [1.165, 1.54) is 0 Å².